The van der Waals surface area contributed by atoms with Gasteiger partial charge in [-0.3, -0.25) is 9.36 Å². The van der Waals surface area contributed by atoms with E-state index >= 15 is 0 Å². The Morgan fingerprint density at radius 3 is 2.67 bits per heavy atom. The summed E-state index contributed by atoms with van der Waals surface area (Å²) in [4.78, 5) is 17.1. The van der Waals surface area contributed by atoms with Crippen LogP contribution in [-0.2, 0) is 12.8 Å². The Bertz CT molecular complexity index is 937. The molecule has 5 nitrogen and oxygen atoms in total. The van der Waals surface area contributed by atoms with Crippen LogP contribution >= 0.6 is 11.8 Å². The van der Waals surface area contributed by atoms with Crippen LogP contribution in [0.2, 0.25) is 0 Å². The van der Waals surface area contributed by atoms with E-state index < -0.39 is 0 Å². The van der Waals surface area contributed by atoms with Gasteiger partial charge < -0.3 is 9.47 Å². The van der Waals surface area contributed by atoms with E-state index in [1.54, 1.807) is 31.9 Å². The third-order valence-electron chi connectivity index (χ3n) is 3.79. The zero-order chi connectivity index (χ0) is 17.1. The van der Waals surface area contributed by atoms with Crippen molar-refractivity contribution >= 4 is 22.7 Å². The number of para-hydroxylation sites is 1. The first-order valence-corrected chi connectivity index (χ1v) is 8.42. The summed E-state index contributed by atoms with van der Waals surface area (Å²) in [6.45, 7) is 0. The van der Waals surface area contributed by atoms with Crippen molar-refractivity contribution < 1.29 is 9.47 Å². The lowest BCUT2D eigenvalue weighted by Gasteiger charge is -2.12. The van der Waals surface area contributed by atoms with Gasteiger partial charge in [-0.05, 0) is 30.3 Å². The molecule has 2 aromatic carbocycles. The van der Waals surface area contributed by atoms with Crippen LogP contribution in [0, 0.1) is 0 Å². The van der Waals surface area contributed by atoms with Gasteiger partial charge in [-0.1, -0.05) is 23.9 Å². The van der Waals surface area contributed by atoms with Crippen molar-refractivity contribution in [3.8, 4) is 11.5 Å². The molecule has 0 spiro atoms. The van der Waals surface area contributed by atoms with E-state index in [2.05, 4.69) is 4.98 Å². The molecule has 0 saturated carbocycles. The molecule has 124 valence electrons. The predicted molar refractivity (Wildman–Crippen MR) is 96.1 cm³/mol. The van der Waals surface area contributed by atoms with E-state index in [4.69, 9.17) is 9.47 Å². The number of aromatic nitrogens is 2. The van der Waals surface area contributed by atoms with Crippen molar-refractivity contribution in [2.45, 2.75) is 10.9 Å². The lowest BCUT2D eigenvalue weighted by Crippen LogP contribution is -2.19. The van der Waals surface area contributed by atoms with Crippen molar-refractivity contribution in [3.63, 3.8) is 0 Å². The minimum atomic E-state index is -0.0410. The van der Waals surface area contributed by atoms with Crippen LogP contribution in [0.25, 0.3) is 10.9 Å². The summed E-state index contributed by atoms with van der Waals surface area (Å²) in [6.07, 6.45) is 0. The van der Waals surface area contributed by atoms with Gasteiger partial charge >= 0.3 is 0 Å². The largest absolute Gasteiger partial charge is 0.497 e. The molecule has 0 aliphatic carbocycles. The number of ether oxygens (including phenoxy) is 2. The molecular weight excluding hydrogens is 324 g/mol. The second-order valence-electron chi connectivity index (χ2n) is 5.24. The highest BCUT2D eigenvalue weighted by molar-refractivity contribution is 7.98. The Hall–Kier alpha value is -2.47. The molecule has 0 fully saturated rings. The van der Waals surface area contributed by atoms with Gasteiger partial charge in [0.1, 0.15) is 11.5 Å². The summed E-state index contributed by atoms with van der Waals surface area (Å²) in [7, 11) is 5.01. The highest BCUT2D eigenvalue weighted by atomic mass is 32.2. The van der Waals surface area contributed by atoms with Gasteiger partial charge in [-0.25, -0.2) is 4.98 Å². The van der Waals surface area contributed by atoms with Gasteiger partial charge in [-0.15, -0.1) is 0 Å². The van der Waals surface area contributed by atoms with Crippen LogP contribution in [0.5, 0.6) is 11.5 Å². The number of nitrogens with zero attached hydrogens (tertiary/aromatic N) is 2. The molecule has 3 aromatic rings. The topological polar surface area (TPSA) is 53.4 Å². The fraction of sp³-hybridized carbons (Fsp3) is 0.222. The molecule has 0 radical (unpaired) electrons. The quantitative estimate of drug-likeness (QED) is 0.526. The van der Waals surface area contributed by atoms with Gasteiger partial charge in [0.15, 0.2) is 5.16 Å². The van der Waals surface area contributed by atoms with E-state index in [0.29, 0.717) is 21.8 Å². The average molecular weight is 342 g/mol. The average Bonchev–Trinajstić information content (AvgIpc) is 2.63. The zero-order valence-electron chi connectivity index (χ0n) is 13.8. The summed E-state index contributed by atoms with van der Waals surface area (Å²) in [5.41, 5.74) is 1.66. The number of rotatable bonds is 5. The number of methoxy groups -OCH3 is 2. The highest BCUT2D eigenvalue weighted by Crippen LogP contribution is 2.30. The zero-order valence-corrected chi connectivity index (χ0v) is 14.6. The van der Waals surface area contributed by atoms with Crippen molar-refractivity contribution in [2.75, 3.05) is 14.2 Å². The maximum atomic E-state index is 12.4. The fourth-order valence-corrected chi connectivity index (χ4v) is 3.41. The molecule has 0 aliphatic heterocycles. The second kappa shape index (κ2) is 6.97. The van der Waals surface area contributed by atoms with E-state index in [9.17, 15) is 4.79 Å². The van der Waals surface area contributed by atoms with Crippen LogP contribution in [-0.4, -0.2) is 23.8 Å². The monoisotopic (exact) mass is 342 g/mol. The first-order valence-electron chi connectivity index (χ1n) is 7.43. The smallest absolute Gasteiger partial charge is 0.261 e. The molecule has 1 aromatic heterocycles. The molecule has 0 atom stereocenters. The molecule has 1 heterocycles. The summed E-state index contributed by atoms with van der Waals surface area (Å²) < 4.78 is 12.3. The fourth-order valence-electron chi connectivity index (χ4n) is 2.46. The van der Waals surface area contributed by atoms with Crippen molar-refractivity contribution in [2.24, 2.45) is 7.05 Å². The molecule has 0 saturated heterocycles. The lowest BCUT2D eigenvalue weighted by atomic mass is 10.2. The highest BCUT2D eigenvalue weighted by Gasteiger charge is 2.11. The molecule has 0 aliphatic rings. The number of hydrogen-bond donors (Lipinski definition) is 0. The molecule has 0 amide bonds. The SMILES string of the molecule is COc1ccc(OC)c(CSc2nc3ccccc3c(=O)n2C)c1. The Balaban J connectivity index is 1.94. The number of hydrogen-bond acceptors (Lipinski definition) is 5. The third kappa shape index (κ3) is 3.10. The third-order valence-corrected chi connectivity index (χ3v) is 4.87. The predicted octanol–water partition coefficient (Wildman–Crippen LogP) is 3.24. The summed E-state index contributed by atoms with van der Waals surface area (Å²) >= 11 is 1.49. The normalized spacial score (nSPS) is 10.8. The van der Waals surface area contributed by atoms with E-state index in [0.717, 1.165) is 17.1 Å². The Morgan fingerprint density at radius 2 is 1.92 bits per heavy atom. The Morgan fingerprint density at radius 1 is 1.12 bits per heavy atom. The summed E-state index contributed by atoms with van der Waals surface area (Å²) in [5, 5.41) is 1.30. The molecular formula is C18H18N2O3S. The van der Waals surface area contributed by atoms with Crippen LogP contribution < -0.4 is 15.0 Å². The number of thioether (sulfide) groups is 1. The Labute approximate surface area is 144 Å². The van der Waals surface area contributed by atoms with Crippen LogP contribution in [0.1, 0.15) is 5.56 Å². The van der Waals surface area contributed by atoms with Crippen molar-refractivity contribution in [3.05, 3.63) is 58.4 Å². The summed E-state index contributed by atoms with van der Waals surface area (Å²) in [5.74, 6) is 2.18. The lowest BCUT2D eigenvalue weighted by molar-refractivity contribution is 0.400. The first kappa shape index (κ1) is 16.4. The molecule has 0 unspecified atom stereocenters. The van der Waals surface area contributed by atoms with Gasteiger partial charge in [0, 0.05) is 18.4 Å². The van der Waals surface area contributed by atoms with Gasteiger partial charge in [-0.2, -0.15) is 0 Å². The number of fused-ring (bicyclic) bond motifs is 1. The van der Waals surface area contributed by atoms with E-state index in [1.807, 2.05) is 36.4 Å². The molecule has 0 bridgehead atoms. The van der Waals surface area contributed by atoms with Gasteiger partial charge in [0.25, 0.3) is 5.56 Å². The minimum absolute atomic E-state index is 0.0410. The van der Waals surface area contributed by atoms with Crippen LogP contribution in [0.4, 0.5) is 0 Å². The standard InChI is InChI=1S/C18H18N2O3S/c1-20-17(21)14-6-4-5-7-15(14)19-18(20)24-11-12-10-13(22-2)8-9-16(12)23-3/h4-10H,11H2,1-3H3. The Kier molecular flexibility index (Phi) is 4.76. The first-order chi connectivity index (χ1) is 11.6. The summed E-state index contributed by atoms with van der Waals surface area (Å²) in [6, 6.07) is 13.0. The van der Waals surface area contributed by atoms with Gasteiger partial charge in [0.2, 0.25) is 0 Å². The minimum Gasteiger partial charge on any atom is -0.497 e. The second-order valence-corrected chi connectivity index (χ2v) is 6.18. The molecule has 24 heavy (non-hydrogen) atoms. The maximum Gasteiger partial charge on any atom is 0.261 e. The van der Waals surface area contributed by atoms with Crippen LogP contribution in [0.3, 0.4) is 0 Å². The van der Waals surface area contributed by atoms with E-state index in [-0.39, 0.29) is 5.56 Å². The maximum absolute atomic E-state index is 12.4. The molecule has 3 rings (SSSR count). The molecule has 0 N–H and O–H groups in total. The van der Waals surface area contributed by atoms with Crippen LogP contribution in [0.15, 0.2) is 52.4 Å². The molecule has 6 heteroatoms. The van der Waals surface area contributed by atoms with Gasteiger partial charge in [0.05, 0.1) is 25.1 Å². The van der Waals surface area contributed by atoms with Crippen molar-refractivity contribution in [1.82, 2.24) is 9.55 Å². The van der Waals surface area contributed by atoms with E-state index in [1.165, 1.54) is 11.8 Å². The number of benzene rings is 2. The van der Waals surface area contributed by atoms with Crippen molar-refractivity contribution in [1.29, 1.82) is 0 Å².